The number of halogens is 3. The summed E-state index contributed by atoms with van der Waals surface area (Å²) >= 11 is 0. The smallest absolute Gasteiger partial charge is 0.345 e. The molecule has 0 spiro atoms. The fourth-order valence-corrected chi connectivity index (χ4v) is 2.52. The lowest BCUT2D eigenvalue weighted by Gasteiger charge is -2.23. The quantitative estimate of drug-likeness (QED) is 0.891. The van der Waals surface area contributed by atoms with Gasteiger partial charge in [0.05, 0.1) is 11.9 Å². The van der Waals surface area contributed by atoms with E-state index in [0.717, 1.165) is 10.6 Å². The van der Waals surface area contributed by atoms with Crippen LogP contribution in [0.5, 0.6) is 0 Å². The van der Waals surface area contributed by atoms with Crippen molar-refractivity contribution in [2.75, 3.05) is 23.7 Å². The number of anilines is 1. The van der Waals surface area contributed by atoms with Gasteiger partial charge in [-0.05, 0) is 18.6 Å². The number of amides is 1. The normalized spacial score (nSPS) is 12.0. The summed E-state index contributed by atoms with van der Waals surface area (Å²) < 4.78 is 60.3. The molecule has 0 aliphatic heterocycles. The predicted molar refractivity (Wildman–Crippen MR) is 72.4 cm³/mol. The summed E-state index contributed by atoms with van der Waals surface area (Å²) in [4.78, 5) is 11.5. The number of sulfonamides is 1. The molecule has 9 heteroatoms. The van der Waals surface area contributed by atoms with Gasteiger partial charge >= 0.3 is 6.18 Å². The van der Waals surface area contributed by atoms with Crippen molar-refractivity contribution in [1.82, 2.24) is 5.32 Å². The topological polar surface area (TPSA) is 66.5 Å². The van der Waals surface area contributed by atoms with E-state index in [2.05, 4.69) is 0 Å². The molecule has 0 aliphatic carbocycles. The van der Waals surface area contributed by atoms with Gasteiger partial charge in [-0.15, -0.1) is 0 Å². The van der Waals surface area contributed by atoms with Crippen LogP contribution in [0, 0.1) is 6.92 Å². The van der Waals surface area contributed by atoms with Crippen molar-refractivity contribution in [3.05, 3.63) is 29.8 Å². The Bertz CT molecular complexity index is 614. The van der Waals surface area contributed by atoms with Crippen LogP contribution in [0.1, 0.15) is 5.56 Å². The molecule has 0 heterocycles. The first-order valence-corrected chi connectivity index (χ1v) is 7.72. The molecule has 0 saturated heterocycles. The van der Waals surface area contributed by atoms with Crippen molar-refractivity contribution < 1.29 is 26.4 Å². The highest BCUT2D eigenvalue weighted by Gasteiger charge is 2.29. The monoisotopic (exact) mass is 324 g/mol. The van der Waals surface area contributed by atoms with E-state index in [0.29, 0.717) is 5.56 Å². The summed E-state index contributed by atoms with van der Waals surface area (Å²) in [7, 11) is -3.80. The fourth-order valence-electron chi connectivity index (χ4n) is 1.61. The van der Waals surface area contributed by atoms with Crippen LogP contribution in [0.25, 0.3) is 0 Å². The number of hydrogen-bond acceptors (Lipinski definition) is 3. The molecular formula is C12H15F3N2O3S. The standard InChI is InChI=1S/C12H15F3N2O3S/c1-9-5-3-4-6-10(9)17(21(2,19)20)7-11(18)16-8-12(13,14)15/h3-6H,7-8H2,1-2H3,(H,16,18). The average molecular weight is 324 g/mol. The van der Waals surface area contributed by atoms with E-state index in [1.807, 2.05) is 0 Å². The zero-order valence-electron chi connectivity index (χ0n) is 11.4. The maximum atomic E-state index is 12.0. The third-order valence-electron chi connectivity index (χ3n) is 2.56. The molecule has 0 atom stereocenters. The molecule has 21 heavy (non-hydrogen) atoms. The lowest BCUT2D eigenvalue weighted by molar-refractivity contribution is -0.137. The van der Waals surface area contributed by atoms with E-state index in [1.54, 1.807) is 30.4 Å². The largest absolute Gasteiger partial charge is 0.405 e. The molecule has 0 aliphatic rings. The fraction of sp³-hybridized carbons (Fsp3) is 0.417. The van der Waals surface area contributed by atoms with Gasteiger partial charge in [-0.1, -0.05) is 18.2 Å². The molecule has 1 amide bonds. The maximum absolute atomic E-state index is 12.0. The number of nitrogens with one attached hydrogen (secondary N) is 1. The summed E-state index contributed by atoms with van der Waals surface area (Å²) in [6.45, 7) is -0.571. The van der Waals surface area contributed by atoms with E-state index in [1.165, 1.54) is 6.07 Å². The molecule has 1 rings (SSSR count). The minimum absolute atomic E-state index is 0.252. The second-order valence-corrected chi connectivity index (χ2v) is 6.35. The van der Waals surface area contributed by atoms with Crippen molar-refractivity contribution in [3.8, 4) is 0 Å². The Hall–Kier alpha value is -1.77. The van der Waals surface area contributed by atoms with Gasteiger partial charge in [0.2, 0.25) is 15.9 Å². The Kier molecular flexibility index (Phi) is 5.21. The van der Waals surface area contributed by atoms with E-state index in [4.69, 9.17) is 0 Å². The molecule has 5 nitrogen and oxygen atoms in total. The van der Waals surface area contributed by atoms with E-state index >= 15 is 0 Å². The third kappa shape index (κ3) is 5.62. The Balaban J connectivity index is 2.92. The van der Waals surface area contributed by atoms with Crippen LogP contribution in [0.15, 0.2) is 24.3 Å². The number of aryl methyl sites for hydroxylation is 1. The van der Waals surface area contributed by atoms with Gasteiger partial charge in [-0.2, -0.15) is 13.2 Å². The van der Waals surface area contributed by atoms with E-state index < -0.39 is 35.2 Å². The van der Waals surface area contributed by atoms with Crippen molar-refractivity contribution in [2.24, 2.45) is 0 Å². The second-order valence-electron chi connectivity index (χ2n) is 4.45. The van der Waals surface area contributed by atoms with Gasteiger partial charge in [0.25, 0.3) is 0 Å². The number of benzene rings is 1. The molecule has 0 fully saturated rings. The lowest BCUT2D eigenvalue weighted by atomic mass is 10.2. The first kappa shape index (κ1) is 17.3. The molecule has 1 aromatic rings. The summed E-state index contributed by atoms with van der Waals surface area (Å²) in [5, 5.41) is 1.64. The highest BCUT2D eigenvalue weighted by atomic mass is 32.2. The van der Waals surface area contributed by atoms with Crippen LogP contribution >= 0.6 is 0 Å². The Morgan fingerprint density at radius 1 is 1.29 bits per heavy atom. The minimum atomic E-state index is -4.55. The molecule has 118 valence electrons. The van der Waals surface area contributed by atoms with Gasteiger partial charge in [-0.3, -0.25) is 9.10 Å². The highest BCUT2D eigenvalue weighted by Crippen LogP contribution is 2.21. The number of carbonyl (C=O) groups is 1. The van der Waals surface area contributed by atoms with Gasteiger partial charge in [0, 0.05) is 0 Å². The summed E-state index contributed by atoms with van der Waals surface area (Å²) in [5.74, 6) is -1.03. The lowest BCUT2D eigenvalue weighted by Crippen LogP contribution is -2.43. The van der Waals surface area contributed by atoms with Crippen LogP contribution in [-0.2, 0) is 14.8 Å². The number of carbonyl (C=O) groups excluding carboxylic acids is 1. The van der Waals surface area contributed by atoms with Crippen LogP contribution in [0.2, 0.25) is 0 Å². The molecule has 1 N–H and O–H groups in total. The number of rotatable bonds is 5. The molecule has 0 unspecified atom stereocenters. The van der Waals surface area contributed by atoms with E-state index in [9.17, 15) is 26.4 Å². The first-order valence-electron chi connectivity index (χ1n) is 5.87. The molecule has 0 bridgehead atoms. The number of nitrogens with zero attached hydrogens (tertiary/aromatic N) is 1. The number of hydrogen-bond donors (Lipinski definition) is 1. The zero-order chi connectivity index (χ0) is 16.3. The van der Waals surface area contributed by atoms with Crippen LogP contribution in [0.3, 0.4) is 0 Å². The number of alkyl halides is 3. The summed E-state index contributed by atoms with van der Waals surface area (Å²) in [5.41, 5.74) is 0.841. The van der Waals surface area contributed by atoms with Crippen molar-refractivity contribution in [1.29, 1.82) is 0 Å². The summed E-state index contributed by atoms with van der Waals surface area (Å²) in [6, 6.07) is 6.38. The minimum Gasteiger partial charge on any atom is -0.345 e. The SMILES string of the molecule is Cc1ccccc1N(CC(=O)NCC(F)(F)F)S(C)(=O)=O. The second kappa shape index (κ2) is 6.33. The molecule has 1 aromatic carbocycles. The predicted octanol–water partition coefficient (Wildman–Crippen LogP) is 1.44. The van der Waals surface area contributed by atoms with Crippen molar-refractivity contribution in [2.45, 2.75) is 13.1 Å². The third-order valence-corrected chi connectivity index (χ3v) is 3.68. The first-order chi connectivity index (χ1) is 9.50. The van der Waals surface area contributed by atoms with Crippen LogP contribution < -0.4 is 9.62 Å². The van der Waals surface area contributed by atoms with Crippen molar-refractivity contribution >= 4 is 21.6 Å². The average Bonchev–Trinajstić information content (AvgIpc) is 2.32. The van der Waals surface area contributed by atoms with Gasteiger partial charge < -0.3 is 5.32 Å². The van der Waals surface area contributed by atoms with Gasteiger partial charge in [0.1, 0.15) is 13.1 Å². The Labute approximate surface area is 120 Å². The van der Waals surface area contributed by atoms with E-state index in [-0.39, 0.29) is 5.69 Å². The Morgan fingerprint density at radius 3 is 2.33 bits per heavy atom. The van der Waals surface area contributed by atoms with Crippen LogP contribution in [0.4, 0.5) is 18.9 Å². The molecular weight excluding hydrogens is 309 g/mol. The Morgan fingerprint density at radius 2 is 1.86 bits per heavy atom. The molecule has 0 radical (unpaired) electrons. The maximum Gasteiger partial charge on any atom is 0.405 e. The zero-order valence-corrected chi connectivity index (χ0v) is 12.3. The van der Waals surface area contributed by atoms with Crippen molar-refractivity contribution in [3.63, 3.8) is 0 Å². The van der Waals surface area contributed by atoms with Gasteiger partial charge in [-0.25, -0.2) is 8.42 Å². The summed E-state index contributed by atoms with van der Waals surface area (Å²) in [6.07, 6.45) is -3.66. The molecule has 0 saturated carbocycles. The van der Waals surface area contributed by atoms with Gasteiger partial charge in [0.15, 0.2) is 0 Å². The molecule has 0 aromatic heterocycles. The van der Waals surface area contributed by atoms with Crippen LogP contribution in [-0.4, -0.2) is 39.8 Å². The highest BCUT2D eigenvalue weighted by molar-refractivity contribution is 7.92. The number of para-hydroxylation sites is 1.